The van der Waals surface area contributed by atoms with Gasteiger partial charge in [0, 0.05) is 5.69 Å². The number of carboxylic acid groups (broad SMARTS) is 1. The fourth-order valence-electron chi connectivity index (χ4n) is 1.96. The average molecular weight is 286 g/mol. The van der Waals surface area contributed by atoms with Crippen molar-refractivity contribution < 1.29 is 18.7 Å². The smallest absolute Gasteiger partial charge is 0.335 e. The Bertz CT molecular complexity index is 842. The van der Waals surface area contributed by atoms with Crippen molar-refractivity contribution in [3.8, 4) is 0 Å². The van der Waals surface area contributed by atoms with E-state index in [4.69, 9.17) is 9.52 Å². The van der Waals surface area contributed by atoms with E-state index in [1.54, 1.807) is 25.1 Å². The Balaban J connectivity index is 1.93. The number of aryl methyl sites for hydroxylation is 1. The molecule has 106 valence electrons. The summed E-state index contributed by atoms with van der Waals surface area (Å²) in [4.78, 5) is 15.1. The van der Waals surface area contributed by atoms with Crippen molar-refractivity contribution in [1.82, 2.24) is 4.98 Å². The average Bonchev–Trinajstić information content (AvgIpc) is 2.84. The van der Waals surface area contributed by atoms with Gasteiger partial charge in [-0.05, 0) is 48.9 Å². The van der Waals surface area contributed by atoms with Crippen LogP contribution in [-0.4, -0.2) is 16.1 Å². The first-order valence-electron chi connectivity index (χ1n) is 6.20. The van der Waals surface area contributed by atoms with Crippen molar-refractivity contribution in [2.24, 2.45) is 0 Å². The SMILES string of the molecule is Cc1cc(Nc2nc3ccc(C(=O)O)cc3o2)ccc1F. The highest BCUT2D eigenvalue weighted by Gasteiger charge is 2.10. The summed E-state index contributed by atoms with van der Waals surface area (Å²) >= 11 is 0. The number of halogens is 1. The summed E-state index contributed by atoms with van der Waals surface area (Å²) in [5, 5.41) is 11.8. The maximum Gasteiger partial charge on any atom is 0.335 e. The molecular weight excluding hydrogens is 275 g/mol. The Kier molecular flexibility index (Phi) is 3.06. The summed E-state index contributed by atoms with van der Waals surface area (Å²) in [6, 6.07) is 9.21. The summed E-state index contributed by atoms with van der Waals surface area (Å²) in [6.07, 6.45) is 0. The fourth-order valence-corrected chi connectivity index (χ4v) is 1.96. The fraction of sp³-hybridized carbons (Fsp3) is 0.0667. The van der Waals surface area contributed by atoms with Crippen molar-refractivity contribution in [2.75, 3.05) is 5.32 Å². The largest absolute Gasteiger partial charge is 0.478 e. The number of aromatic nitrogens is 1. The first-order chi connectivity index (χ1) is 10.0. The van der Waals surface area contributed by atoms with E-state index in [9.17, 15) is 9.18 Å². The molecule has 6 heteroatoms. The molecule has 21 heavy (non-hydrogen) atoms. The van der Waals surface area contributed by atoms with Crippen LogP contribution in [-0.2, 0) is 0 Å². The molecule has 0 atom stereocenters. The maximum atomic E-state index is 13.2. The Morgan fingerprint density at radius 2 is 2.10 bits per heavy atom. The molecule has 2 N–H and O–H groups in total. The van der Waals surface area contributed by atoms with Gasteiger partial charge in [0.1, 0.15) is 11.3 Å². The number of carboxylic acids is 1. The van der Waals surface area contributed by atoms with Gasteiger partial charge in [-0.15, -0.1) is 0 Å². The van der Waals surface area contributed by atoms with Crippen LogP contribution in [0.1, 0.15) is 15.9 Å². The number of oxazole rings is 1. The lowest BCUT2D eigenvalue weighted by Crippen LogP contribution is -1.94. The second kappa shape index (κ2) is 4.90. The van der Waals surface area contributed by atoms with Crippen LogP contribution in [0.5, 0.6) is 0 Å². The molecule has 3 rings (SSSR count). The third kappa shape index (κ3) is 2.55. The van der Waals surface area contributed by atoms with E-state index < -0.39 is 5.97 Å². The van der Waals surface area contributed by atoms with Gasteiger partial charge in [-0.2, -0.15) is 4.98 Å². The van der Waals surface area contributed by atoms with Gasteiger partial charge in [-0.3, -0.25) is 0 Å². The minimum Gasteiger partial charge on any atom is -0.478 e. The maximum absolute atomic E-state index is 13.2. The minimum absolute atomic E-state index is 0.128. The van der Waals surface area contributed by atoms with E-state index in [-0.39, 0.29) is 17.4 Å². The molecule has 0 amide bonds. The molecule has 0 aliphatic heterocycles. The van der Waals surface area contributed by atoms with Crippen LogP contribution in [0, 0.1) is 12.7 Å². The van der Waals surface area contributed by atoms with Gasteiger partial charge in [0.05, 0.1) is 5.56 Å². The summed E-state index contributed by atoms with van der Waals surface area (Å²) < 4.78 is 18.7. The zero-order chi connectivity index (χ0) is 15.0. The molecular formula is C15H11FN2O3. The van der Waals surface area contributed by atoms with Crippen molar-refractivity contribution in [3.63, 3.8) is 0 Å². The Hall–Kier alpha value is -2.89. The van der Waals surface area contributed by atoms with Gasteiger partial charge >= 0.3 is 5.97 Å². The number of aromatic carboxylic acids is 1. The molecule has 2 aromatic carbocycles. The summed E-state index contributed by atoms with van der Waals surface area (Å²) in [6.45, 7) is 1.66. The van der Waals surface area contributed by atoms with E-state index in [1.807, 2.05) is 0 Å². The number of hydrogen-bond acceptors (Lipinski definition) is 4. The van der Waals surface area contributed by atoms with Crippen LogP contribution in [0.4, 0.5) is 16.1 Å². The van der Waals surface area contributed by atoms with Crippen molar-refractivity contribution in [2.45, 2.75) is 6.92 Å². The first kappa shape index (κ1) is 13.1. The van der Waals surface area contributed by atoms with Gasteiger partial charge in [0.15, 0.2) is 5.58 Å². The molecule has 0 aliphatic rings. The highest BCUT2D eigenvalue weighted by molar-refractivity contribution is 5.92. The molecule has 0 radical (unpaired) electrons. The lowest BCUT2D eigenvalue weighted by Gasteiger charge is -2.03. The summed E-state index contributed by atoms with van der Waals surface area (Å²) in [7, 11) is 0. The third-order valence-corrected chi connectivity index (χ3v) is 3.04. The second-order valence-corrected chi connectivity index (χ2v) is 4.60. The Morgan fingerprint density at radius 1 is 1.29 bits per heavy atom. The highest BCUT2D eigenvalue weighted by Crippen LogP contribution is 2.24. The van der Waals surface area contributed by atoms with E-state index in [0.717, 1.165) is 0 Å². The highest BCUT2D eigenvalue weighted by atomic mass is 19.1. The van der Waals surface area contributed by atoms with Crippen LogP contribution in [0.15, 0.2) is 40.8 Å². The number of nitrogens with one attached hydrogen (secondary N) is 1. The van der Waals surface area contributed by atoms with Crippen LogP contribution in [0.3, 0.4) is 0 Å². The molecule has 0 aliphatic carbocycles. The number of anilines is 2. The minimum atomic E-state index is -1.03. The van der Waals surface area contributed by atoms with Crippen LogP contribution in [0.2, 0.25) is 0 Å². The predicted octanol–water partition coefficient (Wildman–Crippen LogP) is 3.72. The van der Waals surface area contributed by atoms with E-state index in [1.165, 1.54) is 18.2 Å². The number of rotatable bonds is 3. The van der Waals surface area contributed by atoms with Gasteiger partial charge in [0.25, 0.3) is 6.01 Å². The van der Waals surface area contributed by atoms with Gasteiger partial charge in [-0.1, -0.05) is 0 Å². The zero-order valence-electron chi connectivity index (χ0n) is 11.1. The van der Waals surface area contributed by atoms with E-state index in [0.29, 0.717) is 22.4 Å². The standard InChI is InChI=1S/C15H11FN2O3/c1-8-6-10(3-4-11(8)16)17-15-18-12-5-2-9(14(19)20)7-13(12)21-15/h2-7H,1H3,(H,17,18)(H,19,20). The molecule has 0 unspecified atom stereocenters. The molecule has 1 aromatic heterocycles. The number of hydrogen-bond donors (Lipinski definition) is 2. The quantitative estimate of drug-likeness (QED) is 0.767. The molecule has 0 spiro atoms. The molecule has 3 aromatic rings. The third-order valence-electron chi connectivity index (χ3n) is 3.04. The van der Waals surface area contributed by atoms with Crippen LogP contribution in [0.25, 0.3) is 11.1 Å². The zero-order valence-corrected chi connectivity index (χ0v) is 11.1. The second-order valence-electron chi connectivity index (χ2n) is 4.60. The van der Waals surface area contributed by atoms with Crippen molar-refractivity contribution >= 4 is 28.8 Å². The monoisotopic (exact) mass is 286 g/mol. The lowest BCUT2D eigenvalue weighted by molar-refractivity contribution is 0.0697. The normalized spacial score (nSPS) is 10.8. The lowest BCUT2D eigenvalue weighted by atomic mass is 10.2. The van der Waals surface area contributed by atoms with E-state index in [2.05, 4.69) is 10.3 Å². The Morgan fingerprint density at radius 3 is 2.81 bits per heavy atom. The number of fused-ring (bicyclic) bond motifs is 1. The summed E-state index contributed by atoms with van der Waals surface area (Å²) in [5.74, 6) is -1.32. The first-order valence-corrected chi connectivity index (χ1v) is 6.20. The topological polar surface area (TPSA) is 75.4 Å². The van der Waals surface area contributed by atoms with Gasteiger partial charge in [-0.25, -0.2) is 9.18 Å². The van der Waals surface area contributed by atoms with E-state index >= 15 is 0 Å². The van der Waals surface area contributed by atoms with Gasteiger partial charge in [0.2, 0.25) is 0 Å². The van der Waals surface area contributed by atoms with Crippen LogP contribution < -0.4 is 5.32 Å². The number of carbonyl (C=O) groups is 1. The molecule has 1 heterocycles. The molecule has 0 saturated heterocycles. The number of nitrogens with zero attached hydrogens (tertiary/aromatic N) is 1. The molecule has 0 bridgehead atoms. The van der Waals surface area contributed by atoms with Gasteiger partial charge < -0.3 is 14.8 Å². The van der Waals surface area contributed by atoms with Crippen LogP contribution >= 0.6 is 0 Å². The number of benzene rings is 2. The molecule has 0 fully saturated rings. The predicted molar refractivity (Wildman–Crippen MR) is 75.4 cm³/mol. The molecule has 0 saturated carbocycles. The summed E-state index contributed by atoms with van der Waals surface area (Å²) in [5.41, 5.74) is 2.18. The van der Waals surface area contributed by atoms with Crippen molar-refractivity contribution in [3.05, 3.63) is 53.3 Å². The van der Waals surface area contributed by atoms with Crippen molar-refractivity contribution in [1.29, 1.82) is 0 Å². The Labute approximate surface area is 119 Å². The molecule has 5 nitrogen and oxygen atoms in total.